The molecule has 0 radical (unpaired) electrons. The number of methoxy groups -OCH3 is 1. The number of fused-ring (bicyclic) bond motifs is 1. The van der Waals surface area contributed by atoms with Crippen LogP contribution in [0.3, 0.4) is 0 Å². The van der Waals surface area contributed by atoms with E-state index in [0.717, 1.165) is 11.1 Å². The quantitative estimate of drug-likeness (QED) is 0.284. The van der Waals surface area contributed by atoms with Gasteiger partial charge >= 0.3 is 12.1 Å². The van der Waals surface area contributed by atoms with Crippen LogP contribution in [0.15, 0.2) is 42.6 Å². The van der Waals surface area contributed by atoms with Crippen molar-refractivity contribution < 1.29 is 38.1 Å². The number of carboxylic acids is 1. The first-order chi connectivity index (χ1) is 18.6. The molecule has 2 aromatic carbocycles. The third-order valence-corrected chi connectivity index (χ3v) is 5.31. The van der Waals surface area contributed by atoms with E-state index in [1.165, 1.54) is 19.4 Å². The number of hydrogen-bond donors (Lipinski definition) is 2. The fourth-order valence-electron chi connectivity index (χ4n) is 3.80. The lowest BCUT2D eigenvalue weighted by Crippen LogP contribution is -2.42. The van der Waals surface area contributed by atoms with Gasteiger partial charge in [0, 0.05) is 28.9 Å². The van der Waals surface area contributed by atoms with E-state index in [0.29, 0.717) is 16.5 Å². The molecule has 1 atom stereocenters. The number of rotatable bonds is 9. The maximum Gasteiger partial charge on any atom is 0.440 e. The second kappa shape index (κ2) is 12.0. The van der Waals surface area contributed by atoms with Gasteiger partial charge < -0.3 is 24.6 Å². The van der Waals surface area contributed by atoms with Gasteiger partial charge in [-0.25, -0.2) is 19.0 Å². The molecule has 11 heteroatoms. The second-order valence-electron chi connectivity index (χ2n) is 10.9. The lowest BCUT2D eigenvalue weighted by atomic mass is 10.0. The maximum atomic E-state index is 15.0. The van der Waals surface area contributed by atoms with Crippen LogP contribution >= 0.6 is 0 Å². The van der Waals surface area contributed by atoms with Gasteiger partial charge in [-0.05, 0) is 84.2 Å². The van der Waals surface area contributed by atoms with Crippen LogP contribution in [0.2, 0.25) is 0 Å². The Kier molecular flexibility index (Phi) is 9.09. The van der Waals surface area contributed by atoms with Gasteiger partial charge in [0.05, 0.1) is 19.3 Å². The lowest BCUT2D eigenvalue weighted by molar-refractivity contribution is -0.138. The summed E-state index contributed by atoms with van der Waals surface area (Å²) in [6.45, 7) is 12.6. The molecule has 0 spiro atoms. The molecule has 0 aliphatic heterocycles. The van der Waals surface area contributed by atoms with Crippen molar-refractivity contribution in [2.24, 2.45) is 0 Å². The summed E-state index contributed by atoms with van der Waals surface area (Å²) in [6.07, 6.45) is 0.757. The minimum atomic E-state index is -1.44. The predicted molar refractivity (Wildman–Crippen MR) is 149 cm³/mol. The summed E-state index contributed by atoms with van der Waals surface area (Å²) in [7, 11) is 1.37. The van der Waals surface area contributed by atoms with Gasteiger partial charge in [-0.15, -0.1) is 5.06 Å². The zero-order valence-electron chi connectivity index (χ0n) is 24.0. The third-order valence-electron chi connectivity index (χ3n) is 5.31. The number of hydroxylamine groups is 1. The molecular formula is C29H36FN3O7. The van der Waals surface area contributed by atoms with Crippen molar-refractivity contribution >= 4 is 34.3 Å². The van der Waals surface area contributed by atoms with Crippen molar-refractivity contribution in [3.63, 3.8) is 0 Å². The Bertz CT molecular complexity index is 1380. The van der Waals surface area contributed by atoms with Crippen LogP contribution in [0.4, 0.5) is 20.7 Å². The number of nitrogens with zero attached hydrogens (tertiary/aromatic N) is 2. The molecular weight excluding hydrogens is 521 g/mol. The molecule has 0 fully saturated rings. The highest BCUT2D eigenvalue weighted by molar-refractivity contribution is 6.00. The molecule has 0 aliphatic carbocycles. The molecule has 40 heavy (non-hydrogen) atoms. The molecule has 1 unspecified atom stereocenters. The average Bonchev–Trinajstić information content (AvgIpc) is 2.84. The van der Waals surface area contributed by atoms with Crippen LogP contribution in [-0.4, -0.2) is 47.1 Å². The van der Waals surface area contributed by atoms with Crippen molar-refractivity contribution in [1.29, 1.82) is 0 Å². The fraction of sp³-hybridized carbons (Fsp3) is 0.414. The first-order valence-corrected chi connectivity index (χ1v) is 12.7. The fourth-order valence-corrected chi connectivity index (χ4v) is 3.80. The molecule has 0 saturated heterocycles. The van der Waals surface area contributed by atoms with E-state index in [2.05, 4.69) is 10.3 Å². The van der Waals surface area contributed by atoms with Gasteiger partial charge in [-0.3, -0.25) is 4.84 Å². The van der Waals surface area contributed by atoms with E-state index in [1.54, 1.807) is 72.7 Å². The van der Waals surface area contributed by atoms with E-state index in [-0.39, 0.29) is 29.5 Å². The van der Waals surface area contributed by atoms with E-state index >= 15 is 0 Å². The van der Waals surface area contributed by atoms with Crippen LogP contribution in [0.1, 0.15) is 60.1 Å². The van der Waals surface area contributed by atoms with Gasteiger partial charge in [0.25, 0.3) is 0 Å². The summed E-state index contributed by atoms with van der Waals surface area (Å²) in [5.41, 5.74) is -1.25. The molecule has 3 rings (SSSR count). The number of nitrogens with one attached hydrogen (secondary N) is 1. The van der Waals surface area contributed by atoms with Crippen LogP contribution in [-0.2, 0) is 14.4 Å². The Morgan fingerprint density at radius 3 is 2.33 bits per heavy atom. The molecule has 0 saturated carbocycles. The van der Waals surface area contributed by atoms with Crippen molar-refractivity contribution in [1.82, 2.24) is 4.98 Å². The Morgan fingerprint density at radius 2 is 1.75 bits per heavy atom. The summed E-state index contributed by atoms with van der Waals surface area (Å²) >= 11 is 0. The number of aliphatic carboxylic acids is 1. The Balaban J connectivity index is 2.03. The minimum absolute atomic E-state index is 0.123. The molecule has 0 bridgehead atoms. The highest BCUT2D eigenvalue weighted by atomic mass is 19.1. The molecule has 2 N–H and O–H groups in total. The lowest BCUT2D eigenvalue weighted by Gasteiger charge is -2.31. The van der Waals surface area contributed by atoms with Gasteiger partial charge in [0.2, 0.25) is 0 Å². The number of halogens is 1. The molecule has 3 aromatic rings. The number of benzene rings is 2. The molecule has 1 heterocycles. The first-order valence-electron chi connectivity index (χ1n) is 12.7. The highest BCUT2D eigenvalue weighted by Crippen LogP contribution is 2.35. The van der Waals surface area contributed by atoms with Crippen LogP contribution in [0.25, 0.3) is 10.8 Å². The van der Waals surface area contributed by atoms with Gasteiger partial charge in [0.15, 0.2) is 23.4 Å². The first kappa shape index (κ1) is 30.4. The maximum absolute atomic E-state index is 15.0. The van der Waals surface area contributed by atoms with Crippen LogP contribution in [0, 0.1) is 5.82 Å². The number of ether oxygens (including phenoxy) is 3. The molecule has 1 amide bonds. The molecule has 216 valence electrons. The molecule has 0 aliphatic rings. The standard InChI is InChI=1S/C29H36FN3O7/c1-9-38-23-15-20(21(30)16-22(23)37-8)24(26(34)35)32-18-10-11-19-17(14-18)12-13-31-25(19)33(40-29(5,6)7)27(36)39-28(2,3)4/h10-16,24,32H,9H2,1-8H3,(H,34,35). The number of hydrogen-bond acceptors (Lipinski definition) is 8. The number of carboxylic acid groups (broad SMARTS) is 1. The van der Waals surface area contributed by atoms with Crippen molar-refractivity contribution in [3.05, 3.63) is 54.0 Å². The zero-order chi connectivity index (χ0) is 29.8. The summed E-state index contributed by atoms with van der Waals surface area (Å²) in [5.74, 6) is -1.48. The van der Waals surface area contributed by atoms with Crippen LogP contribution < -0.4 is 19.9 Å². The average molecular weight is 558 g/mol. The van der Waals surface area contributed by atoms with E-state index < -0.39 is 35.1 Å². The number of pyridine rings is 1. The number of carbonyl (C=O) groups excluding carboxylic acids is 1. The number of aromatic nitrogens is 1. The topological polar surface area (TPSA) is 119 Å². The third kappa shape index (κ3) is 7.50. The second-order valence-corrected chi connectivity index (χ2v) is 10.9. The summed E-state index contributed by atoms with van der Waals surface area (Å²) in [5, 5.41) is 15.0. The SMILES string of the molecule is CCOc1cc(C(Nc2ccc3c(N(OC(C)(C)C)C(=O)OC(C)(C)C)nccc3c2)C(=O)O)c(F)cc1OC. The van der Waals surface area contributed by atoms with E-state index in [4.69, 9.17) is 19.0 Å². The number of amides is 1. The van der Waals surface area contributed by atoms with Gasteiger partial charge in [-0.2, -0.15) is 0 Å². The monoisotopic (exact) mass is 557 g/mol. The van der Waals surface area contributed by atoms with Gasteiger partial charge in [-0.1, -0.05) is 0 Å². The smallest absolute Gasteiger partial charge is 0.440 e. The van der Waals surface area contributed by atoms with Gasteiger partial charge in [0.1, 0.15) is 11.4 Å². The predicted octanol–water partition coefficient (Wildman–Crippen LogP) is 6.49. The highest BCUT2D eigenvalue weighted by Gasteiger charge is 2.31. The number of carbonyl (C=O) groups is 2. The molecule has 1 aromatic heterocycles. The summed E-state index contributed by atoms with van der Waals surface area (Å²) in [6, 6.07) is 7.62. The van der Waals surface area contributed by atoms with E-state index in [9.17, 15) is 19.1 Å². The van der Waals surface area contributed by atoms with E-state index in [1.807, 2.05) is 0 Å². The molecule has 10 nitrogen and oxygen atoms in total. The summed E-state index contributed by atoms with van der Waals surface area (Å²) in [4.78, 5) is 35.6. The Labute approximate surface area is 232 Å². The Morgan fingerprint density at radius 1 is 1.05 bits per heavy atom. The largest absolute Gasteiger partial charge is 0.493 e. The summed E-state index contributed by atoms with van der Waals surface area (Å²) < 4.78 is 31.2. The normalized spacial score (nSPS) is 12.5. The Hall–Kier alpha value is -4.12. The van der Waals surface area contributed by atoms with Crippen molar-refractivity contribution in [2.45, 2.75) is 65.7 Å². The zero-order valence-corrected chi connectivity index (χ0v) is 24.0. The number of anilines is 2. The van der Waals surface area contributed by atoms with Crippen molar-refractivity contribution in [2.75, 3.05) is 24.1 Å². The van der Waals surface area contributed by atoms with Crippen molar-refractivity contribution in [3.8, 4) is 11.5 Å². The minimum Gasteiger partial charge on any atom is -0.493 e. The van der Waals surface area contributed by atoms with Crippen LogP contribution in [0.5, 0.6) is 11.5 Å².